The molecule has 1 fully saturated rings. The first-order valence-electron chi connectivity index (χ1n) is 6.82. The van der Waals surface area contributed by atoms with Crippen molar-refractivity contribution in [2.75, 3.05) is 13.1 Å². The van der Waals surface area contributed by atoms with Gasteiger partial charge >= 0.3 is 0 Å². The van der Waals surface area contributed by atoms with Crippen LogP contribution >= 0.6 is 15.9 Å². The van der Waals surface area contributed by atoms with Crippen molar-refractivity contribution in [3.8, 4) is 0 Å². The molecule has 20 heavy (non-hydrogen) atoms. The topological polar surface area (TPSA) is 62.6 Å². The van der Waals surface area contributed by atoms with E-state index in [0.717, 1.165) is 12.8 Å². The van der Waals surface area contributed by atoms with E-state index >= 15 is 0 Å². The minimum Gasteiger partial charge on any atom is -0.444 e. The summed E-state index contributed by atoms with van der Waals surface area (Å²) in [7, 11) is 0. The van der Waals surface area contributed by atoms with Crippen LogP contribution in [-0.4, -0.2) is 35.8 Å². The van der Waals surface area contributed by atoms with Gasteiger partial charge in [0.25, 0.3) is 5.91 Å². The second-order valence-corrected chi connectivity index (χ2v) is 6.11. The molecule has 2 heterocycles. The number of carbonyl (C=O) groups excluding carboxylic acids is 2. The second-order valence-electron chi connectivity index (χ2n) is 5.33. The number of likely N-dealkylation sites (tertiary alicyclic amines) is 1. The summed E-state index contributed by atoms with van der Waals surface area (Å²) >= 11 is 3.17. The van der Waals surface area contributed by atoms with Gasteiger partial charge in [0, 0.05) is 25.0 Å². The van der Waals surface area contributed by atoms with Gasteiger partial charge in [0.1, 0.15) is 0 Å². The number of nitrogens with zero attached hydrogens (tertiary/aromatic N) is 1. The van der Waals surface area contributed by atoms with Crippen LogP contribution in [0.25, 0.3) is 0 Å². The lowest BCUT2D eigenvalue weighted by molar-refractivity contribution is -0.135. The molecular weight excluding hydrogens is 324 g/mol. The van der Waals surface area contributed by atoms with Crippen LogP contribution in [0.2, 0.25) is 0 Å². The first kappa shape index (κ1) is 15.1. The number of halogens is 1. The smallest absolute Gasteiger partial charge is 0.287 e. The maximum absolute atomic E-state index is 11.9. The maximum Gasteiger partial charge on any atom is 0.287 e. The first-order chi connectivity index (χ1) is 9.47. The highest BCUT2D eigenvalue weighted by atomic mass is 79.9. The molecule has 0 aliphatic carbocycles. The number of piperidine rings is 1. The Hall–Kier alpha value is -1.30. The van der Waals surface area contributed by atoms with Gasteiger partial charge in [-0.2, -0.15) is 0 Å². The van der Waals surface area contributed by atoms with E-state index in [1.54, 1.807) is 12.1 Å². The molecule has 0 spiro atoms. The number of hydrogen-bond donors (Lipinski definition) is 1. The Labute approximate surface area is 126 Å². The van der Waals surface area contributed by atoms with Crippen molar-refractivity contribution in [1.82, 2.24) is 10.2 Å². The zero-order valence-electron chi connectivity index (χ0n) is 11.7. The Morgan fingerprint density at radius 2 is 2.00 bits per heavy atom. The minimum absolute atomic E-state index is 0.0293. The molecule has 0 aromatic carbocycles. The van der Waals surface area contributed by atoms with E-state index in [9.17, 15) is 9.59 Å². The van der Waals surface area contributed by atoms with Gasteiger partial charge in [0.15, 0.2) is 10.4 Å². The molecule has 0 atom stereocenters. The van der Waals surface area contributed by atoms with E-state index in [1.165, 1.54) is 0 Å². The third kappa shape index (κ3) is 3.62. The van der Waals surface area contributed by atoms with Gasteiger partial charge in [0.05, 0.1) is 0 Å². The maximum atomic E-state index is 11.9. The molecule has 1 aliphatic rings. The Bertz CT molecular complexity index is 490. The van der Waals surface area contributed by atoms with Gasteiger partial charge in [-0.1, -0.05) is 13.8 Å². The summed E-state index contributed by atoms with van der Waals surface area (Å²) in [5.74, 6) is 0.313. The zero-order valence-corrected chi connectivity index (χ0v) is 13.3. The zero-order chi connectivity index (χ0) is 14.7. The van der Waals surface area contributed by atoms with E-state index in [-0.39, 0.29) is 23.8 Å². The molecule has 0 bridgehead atoms. The number of amides is 2. The molecule has 1 aliphatic heterocycles. The molecule has 1 aromatic rings. The largest absolute Gasteiger partial charge is 0.444 e. The summed E-state index contributed by atoms with van der Waals surface area (Å²) in [6.07, 6.45) is 1.57. The van der Waals surface area contributed by atoms with Gasteiger partial charge in [-0.15, -0.1) is 0 Å². The monoisotopic (exact) mass is 342 g/mol. The predicted octanol–water partition coefficient (Wildman–Crippen LogP) is 2.42. The average Bonchev–Trinajstić information content (AvgIpc) is 2.85. The van der Waals surface area contributed by atoms with Crippen molar-refractivity contribution < 1.29 is 14.0 Å². The highest BCUT2D eigenvalue weighted by molar-refractivity contribution is 9.10. The van der Waals surface area contributed by atoms with Crippen LogP contribution in [0.5, 0.6) is 0 Å². The molecule has 0 unspecified atom stereocenters. The van der Waals surface area contributed by atoms with Gasteiger partial charge in [-0.25, -0.2) is 0 Å². The third-order valence-electron chi connectivity index (χ3n) is 3.43. The van der Waals surface area contributed by atoms with Crippen LogP contribution in [0.4, 0.5) is 0 Å². The Balaban J connectivity index is 1.83. The highest BCUT2D eigenvalue weighted by Gasteiger charge is 2.25. The quantitative estimate of drug-likeness (QED) is 0.917. The number of carbonyl (C=O) groups is 2. The molecule has 110 valence electrons. The lowest BCUT2D eigenvalue weighted by Crippen LogP contribution is -2.47. The van der Waals surface area contributed by atoms with Crippen molar-refractivity contribution in [3.05, 3.63) is 22.6 Å². The number of rotatable bonds is 3. The Morgan fingerprint density at radius 3 is 2.50 bits per heavy atom. The van der Waals surface area contributed by atoms with E-state index in [0.29, 0.717) is 23.5 Å². The van der Waals surface area contributed by atoms with Crippen molar-refractivity contribution in [2.24, 2.45) is 5.92 Å². The summed E-state index contributed by atoms with van der Waals surface area (Å²) in [5.41, 5.74) is 0. The van der Waals surface area contributed by atoms with Gasteiger partial charge in [-0.3, -0.25) is 9.59 Å². The summed E-state index contributed by atoms with van der Waals surface area (Å²) in [6, 6.07) is 3.43. The van der Waals surface area contributed by atoms with Crippen molar-refractivity contribution in [2.45, 2.75) is 32.7 Å². The van der Waals surface area contributed by atoms with Crippen LogP contribution in [0.1, 0.15) is 37.2 Å². The fourth-order valence-corrected chi connectivity index (χ4v) is 2.61. The molecule has 2 rings (SSSR count). The average molecular weight is 343 g/mol. The molecule has 1 saturated heterocycles. The third-order valence-corrected chi connectivity index (χ3v) is 3.86. The van der Waals surface area contributed by atoms with Crippen LogP contribution in [0.15, 0.2) is 21.2 Å². The fourth-order valence-electron chi connectivity index (χ4n) is 2.30. The number of hydrogen-bond acceptors (Lipinski definition) is 3. The lowest BCUT2D eigenvalue weighted by atomic mass is 10.0. The lowest BCUT2D eigenvalue weighted by Gasteiger charge is -2.33. The van der Waals surface area contributed by atoms with Crippen molar-refractivity contribution in [3.63, 3.8) is 0 Å². The predicted molar refractivity (Wildman–Crippen MR) is 78.3 cm³/mol. The highest BCUT2D eigenvalue weighted by Crippen LogP contribution is 2.16. The van der Waals surface area contributed by atoms with Crippen LogP contribution < -0.4 is 5.32 Å². The standard InChI is InChI=1S/C14H19BrN2O3/c1-9(2)14(19)17-7-5-10(6-8-17)16-13(18)11-3-4-12(15)20-11/h3-4,9-10H,5-8H2,1-2H3,(H,16,18). The Kier molecular flexibility index (Phi) is 4.86. The van der Waals surface area contributed by atoms with Crippen LogP contribution in [0, 0.1) is 5.92 Å². The summed E-state index contributed by atoms with van der Waals surface area (Å²) < 4.78 is 5.76. The molecule has 1 N–H and O–H groups in total. The van der Waals surface area contributed by atoms with Crippen LogP contribution in [0.3, 0.4) is 0 Å². The SMILES string of the molecule is CC(C)C(=O)N1CCC(NC(=O)c2ccc(Br)o2)CC1. The van der Waals surface area contributed by atoms with E-state index < -0.39 is 0 Å². The molecule has 1 aromatic heterocycles. The van der Waals surface area contributed by atoms with Gasteiger partial charge < -0.3 is 14.6 Å². The summed E-state index contributed by atoms with van der Waals surface area (Å²) in [5, 5.41) is 2.95. The first-order valence-corrected chi connectivity index (χ1v) is 7.61. The Morgan fingerprint density at radius 1 is 1.35 bits per heavy atom. The van der Waals surface area contributed by atoms with Gasteiger partial charge in [0.2, 0.25) is 5.91 Å². The minimum atomic E-state index is -0.204. The van der Waals surface area contributed by atoms with Gasteiger partial charge in [-0.05, 0) is 40.9 Å². The fraction of sp³-hybridized carbons (Fsp3) is 0.571. The molecular formula is C14H19BrN2O3. The summed E-state index contributed by atoms with van der Waals surface area (Å²) in [4.78, 5) is 25.7. The van der Waals surface area contributed by atoms with E-state index in [2.05, 4.69) is 21.2 Å². The van der Waals surface area contributed by atoms with Crippen molar-refractivity contribution in [1.29, 1.82) is 0 Å². The number of nitrogens with one attached hydrogen (secondary N) is 1. The number of furan rings is 1. The second kappa shape index (κ2) is 6.43. The molecule has 0 radical (unpaired) electrons. The summed E-state index contributed by atoms with van der Waals surface area (Å²) in [6.45, 7) is 5.21. The van der Waals surface area contributed by atoms with Crippen molar-refractivity contribution >= 4 is 27.7 Å². The van der Waals surface area contributed by atoms with E-state index in [4.69, 9.17) is 4.42 Å². The normalized spacial score (nSPS) is 16.5. The molecule has 2 amide bonds. The molecule has 5 nitrogen and oxygen atoms in total. The van der Waals surface area contributed by atoms with E-state index in [1.807, 2.05) is 18.7 Å². The molecule has 6 heteroatoms. The van der Waals surface area contributed by atoms with Crippen LogP contribution in [-0.2, 0) is 4.79 Å². The molecule has 0 saturated carbocycles.